The summed E-state index contributed by atoms with van der Waals surface area (Å²) in [5.41, 5.74) is 6.62. The Balaban J connectivity index is 2.62. The van der Waals surface area contributed by atoms with Crippen molar-refractivity contribution in [1.82, 2.24) is 10.2 Å². The van der Waals surface area contributed by atoms with Gasteiger partial charge in [0.05, 0.1) is 15.6 Å². The molecule has 7 heteroatoms. The topological polar surface area (TPSA) is 88.8 Å². The fourth-order valence-corrected chi connectivity index (χ4v) is 2.28. The number of sulfone groups is 1. The molecule has 0 fully saturated rings. The minimum atomic E-state index is -3.27. The standard InChI is InChI=1S/C10H10ClN3O2S/c1-17(15,16)6-2-3-8(11)7(4-6)9-5-10(12)14-13-9/h2-5H,1H3,(H3,12,13,14). The lowest BCUT2D eigenvalue weighted by Gasteiger charge is -2.04. The third kappa shape index (κ3) is 2.42. The van der Waals surface area contributed by atoms with E-state index in [9.17, 15) is 8.42 Å². The second-order valence-corrected chi connectivity index (χ2v) is 6.04. The van der Waals surface area contributed by atoms with Gasteiger partial charge < -0.3 is 5.73 Å². The zero-order valence-electron chi connectivity index (χ0n) is 8.94. The van der Waals surface area contributed by atoms with E-state index in [4.69, 9.17) is 17.3 Å². The van der Waals surface area contributed by atoms with Gasteiger partial charge in [0.2, 0.25) is 0 Å². The Labute approximate surface area is 104 Å². The van der Waals surface area contributed by atoms with Crippen molar-refractivity contribution < 1.29 is 8.42 Å². The smallest absolute Gasteiger partial charge is 0.175 e. The van der Waals surface area contributed by atoms with Gasteiger partial charge in [-0.3, -0.25) is 5.10 Å². The van der Waals surface area contributed by atoms with E-state index in [0.29, 0.717) is 22.1 Å². The third-order valence-corrected chi connectivity index (χ3v) is 3.69. The molecule has 2 aromatic rings. The molecule has 0 aliphatic rings. The fourth-order valence-electron chi connectivity index (χ4n) is 1.42. The quantitative estimate of drug-likeness (QED) is 0.870. The normalized spacial score (nSPS) is 11.6. The van der Waals surface area contributed by atoms with Crippen molar-refractivity contribution in [3.05, 3.63) is 29.3 Å². The summed E-state index contributed by atoms with van der Waals surface area (Å²) in [6.45, 7) is 0. The maximum Gasteiger partial charge on any atom is 0.175 e. The van der Waals surface area contributed by atoms with Gasteiger partial charge in [-0.05, 0) is 18.2 Å². The predicted octanol–water partition coefficient (Wildman–Crippen LogP) is 1.72. The zero-order chi connectivity index (χ0) is 12.6. The summed E-state index contributed by atoms with van der Waals surface area (Å²) in [5.74, 6) is 0.320. The molecule has 0 unspecified atom stereocenters. The number of anilines is 1. The molecule has 1 aromatic carbocycles. The molecule has 0 aliphatic heterocycles. The Hall–Kier alpha value is -1.53. The van der Waals surface area contributed by atoms with Gasteiger partial charge in [-0.25, -0.2) is 8.42 Å². The molecule has 5 nitrogen and oxygen atoms in total. The summed E-state index contributed by atoms with van der Waals surface area (Å²) in [5, 5.41) is 6.89. The highest BCUT2D eigenvalue weighted by Gasteiger charge is 2.12. The van der Waals surface area contributed by atoms with Crippen molar-refractivity contribution in [2.45, 2.75) is 4.90 Å². The summed E-state index contributed by atoms with van der Waals surface area (Å²) in [6, 6.07) is 6.07. The maximum atomic E-state index is 11.4. The van der Waals surface area contributed by atoms with E-state index >= 15 is 0 Å². The molecular formula is C10H10ClN3O2S. The number of nitrogens with one attached hydrogen (secondary N) is 1. The number of nitrogen functional groups attached to an aromatic ring is 1. The molecule has 1 aromatic heterocycles. The summed E-state index contributed by atoms with van der Waals surface area (Å²) >= 11 is 6.01. The highest BCUT2D eigenvalue weighted by atomic mass is 35.5. The number of nitrogens with zero attached hydrogens (tertiary/aromatic N) is 1. The predicted molar refractivity (Wildman–Crippen MR) is 66.6 cm³/mol. The molecule has 17 heavy (non-hydrogen) atoms. The molecule has 0 saturated heterocycles. The van der Waals surface area contributed by atoms with E-state index in [2.05, 4.69) is 10.2 Å². The molecule has 0 radical (unpaired) electrons. The van der Waals surface area contributed by atoms with Crippen LogP contribution in [0.15, 0.2) is 29.2 Å². The summed E-state index contributed by atoms with van der Waals surface area (Å²) < 4.78 is 22.9. The molecule has 0 spiro atoms. The number of benzene rings is 1. The number of rotatable bonds is 2. The second-order valence-electron chi connectivity index (χ2n) is 3.62. The Morgan fingerprint density at radius 2 is 2.06 bits per heavy atom. The molecule has 2 rings (SSSR count). The monoisotopic (exact) mass is 271 g/mol. The van der Waals surface area contributed by atoms with Crippen LogP contribution in [0.4, 0.5) is 5.82 Å². The largest absolute Gasteiger partial charge is 0.382 e. The number of H-pyrrole nitrogens is 1. The van der Waals surface area contributed by atoms with Crippen molar-refractivity contribution in [2.75, 3.05) is 12.0 Å². The Kier molecular flexibility index (Phi) is 2.84. The summed E-state index contributed by atoms with van der Waals surface area (Å²) in [7, 11) is -3.27. The number of hydrogen-bond acceptors (Lipinski definition) is 4. The number of hydrogen-bond donors (Lipinski definition) is 2. The minimum Gasteiger partial charge on any atom is -0.382 e. The first-order valence-corrected chi connectivity index (χ1v) is 6.96. The molecule has 90 valence electrons. The SMILES string of the molecule is CS(=O)(=O)c1ccc(Cl)c(-c2cc(N)n[nH]2)c1. The lowest BCUT2D eigenvalue weighted by Crippen LogP contribution is -1.97. The average Bonchev–Trinajstić information content (AvgIpc) is 2.63. The fraction of sp³-hybridized carbons (Fsp3) is 0.100. The number of nitrogens with two attached hydrogens (primary N) is 1. The van der Waals surface area contributed by atoms with Crippen molar-refractivity contribution in [2.24, 2.45) is 0 Å². The van der Waals surface area contributed by atoms with Gasteiger partial charge in [0.25, 0.3) is 0 Å². The Morgan fingerprint density at radius 1 is 1.35 bits per heavy atom. The zero-order valence-corrected chi connectivity index (χ0v) is 10.5. The van der Waals surface area contributed by atoms with E-state index in [1.54, 1.807) is 6.07 Å². The Morgan fingerprint density at radius 3 is 2.59 bits per heavy atom. The Bertz CT molecular complexity index is 664. The molecular weight excluding hydrogens is 262 g/mol. The van der Waals surface area contributed by atoms with Crippen molar-refractivity contribution in [3.63, 3.8) is 0 Å². The molecule has 1 heterocycles. The van der Waals surface area contributed by atoms with Crippen LogP contribution in [0.25, 0.3) is 11.3 Å². The van der Waals surface area contributed by atoms with Crippen LogP contribution < -0.4 is 5.73 Å². The first-order valence-electron chi connectivity index (χ1n) is 4.69. The lowest BCUT2D eigenvalue weighted by atomic mass is 10.1. The van der Waals surface area contributed by atoms with Crippen molar-refractivity contribution in [3.8, 4) is 11.3 Å². The molecule has 0 saturated carbocycles. The van der Waals surface area contributed by atoms with Crippen molar-refractivity contribution in [1.29, 1.82) is 0 Å². The van der Waals surface area contributed by atoms with Crippen LogP contribution in [0.3, 0.4) is 0 Å². The number of halogens is 1. The van der Waals surface area contributed by atoms with Gasteiger partial charge in [-0.2, -0.15) is 5.10 Å². The average molecular weight is 272 g/mol. The van der Waals surface area contributed by atoms with Crippen LogP contribution >= 0.6 is 11.6 Å². The van der Waals surface area contributed by atoms with E-state index in [-0.39, 0.29) is 4.90 Å². The first-order chi connectivity index (χ1) is 7.88. The van der Waals surface area contributed by atoms with Gasteiger partial charge >= 0.3 is 0 Å². The van der Waals surface area contributed by atoms with E-state index in [1.807, 2.05) is 0 Å². The molecule has 0 aliphatic carbocycles. The highest BCUT2D eigenvalue weighted by Crippen LogP contribution is 2.29. The lowest BCUT2D eigenvalue weighted by molar-refractivity contribution is 0.602. The van der Waals surface area contributed by atoms with Crippen LogP contribution in [-0.4, -0.2) is 24.9 Å². The van der Waals surface area contributed by atoms with E-state index in [0.717, 1.165) is 6.26 Å². The summed E-state index contributed by atoms with van der Waals surface area (Å²) in [6.07, 6.45) is 1.14. The summed E-state index contributed by atoms with van der Waals surface area (Å²) in [4.78, 5) is 0.199. The van der Waals surface area contributed by atoms with Gasteiger partial charge in [0, 0.05) is 17.9 Å². The molecule has 3 N–H and O–H groups in total. The van der Waals surface area contributed by atoms with Crippen LogP contribution in [-0.2, 0) is 9.84 Å². The van der Waals surface area contributed by atoms with Gasteiger partial charge in [0.15, 0.2) is 9.84 Å². The van der Waals surface area contributed by atoms with Gasteiger partial charge in [-0.1, -0.05) is 11.6 Å². The third-order valence-electron chi connectivity index (χ3n) is 2.25. The van der Waals surface area contributed by atoms with Crippen molar-refractivity contribution >= 4 is 27.3 Å². The minimum absolute atomic E-state index is 0.199. The second kappa shape index (κ2) is 4.05. The number of aromatic nitrogens is 2. The van der Waals surface area contributed by atoms with Gasteiger partial charge in [-0.15, -0.1) is 0 Å². The number of aromatic amines is 1. The van der Waals surface area contributed by atoms with Crippen LogP contribution in [0.5, 0.6) is 0 Å². The highest BCUT2D eigenvalue weighted by molar-refractivity contribution is 7.90. The molecule has 0 atom stereocenters. The maximum absolute atomic E-state index is 11.4. The molecule has 0 bridgehead atoms. The molecule has 0 amide bonds. The van der Waals surface area contributed by atoms with E-state index < -0.39 is 9.84 Å². The van der Waals surface area contributed by atoms with Crippen LogP contribution in [0, 0.1) is 0 Å². The van der Waals surface area contributed by atoms with E-state index in [1.165, 1.54) is 18.2 Å². The van der Waals surface area contributed by atoms with Crippen LogP contribution in [0.2, 0.25) is 5.02 Å². The first kappa shape index (κ1) is 11.9. The van der Waals surface area contributed by atoms with Gasteiger partial charge in [0.1, 0.15) is 5.82 Å². The van der Waals surface area contributed by atoms with Crippen LogP contribution in [0.1, 0.15) is 0 Å².